The molecule has 0 spiro atoms. The van der Waals surface area contributed by atoms with Crippen LogP contribution in [0.5, 0.6) is 0 Å². The summed E-state index contributed by atoms with van der Waals surface area (Å²) in [6, 6.07) is 6.29. The number of aryl methyl sites for hydroxylation is 2. The molecule has 0 aliphatic carbocycles. The lowest BCUT2D eigenvalue weighted by atomic mass is 9.97. The fourth-order valence-electron chi connectivity index (χ4n) is 1.90. The maximum absolute atomic E-state index is 5.89. The summed E-state index contributed by atoms with van der Waals surface area (Å²) in [5.41, 5.74) is 10.4. The average molecular weight is 230 g/mol. The highest BCUT2D eigenvalue weighted by molar-refractivity contribution is 5.76. The highest BCUT2D eigenvalue weighted by atomic mass is 16.5. The standard InChI is InChI=1S/C14H18N2O/c1-8(2)13-12(14(15)16-17-13)11-6-5-9(3)10(4)7-11/h5-8H,1-4H3,(H2,15,16). The van der Waals surface area contributed by atoms with Crippen molar-refractivity contribution < 1.29 is 4.52 Å². The molecular weight excluding hydrogens is 212 g/mol. The lowest BCUT2D eigenvalue weighted by molar-refractivity contribution is 0.374. The molecule has 0 amide bonds. The molecule has 17 heavy (non-hydrogen) atoms. The Hall–Kier alpha value is -1.77. The smallest absolute Gasteiger partial charge is 0.175 e. The van der Waals surface area contributed by atoms with Crippen LogP contribution in [-0.2, 0) is 0 Å². The molecular formula is C14H18N2O. The first-order valence-electron chi connectivity index (χ1n) is 5.83. The summed E-state index contributed by atoms with van der Waals surface area (Å²) in [7, 11) is 0. The third kappa shape index (κ3) is 2.05. The van der Waals surface area contributed by atoms with Crippen LogP contribution >= 0.6 is 0 Å². The molecule has 2 N–H and O–H groups in total. The molecule has 0 saturated heterocycles. The number of hydrogen-bond donors (Lipinski definition) is 1. The SMILES string of the molecule is Cc1ccc(-c2c(N)noc2C(C)C)cc1C. The first-order chi connectivity index (χ1) is 8.00. The molecule has 0 saturated carbocycles. The Morgan fingerprint density at radius 1 is 1.18 bits per heavy atom. The number of benzene rings is 1. The summed E-state index contributed by atoms with van der Waals surface area (Å²) in [5, 5.41) is 3.87. The van der Waals surface area contributed by atoms with Crippen molar-refractivity contribution in [2.24, 2.45) is 0 Å². The van der Waals surface area contributed by atoms with Crippen LogP contribution in [-0.4, -0.2) is 5.16 Å². The van der Waals surface area contributed by atoms with Gasteiger partial charge in [0.2, 0.25) is 0 Å². The highest BCUT2D eigenvalue weighted by Crippen LogP contribution is 2.34. The largest absolute Gasteiger partial charge is 0.380 e. The van der Waals surface area contributed by atoms with Gasteiger partial charge in [-0.2, -0.15) is 0 Å². The molecule has 90 valence electrons. The second-order valence-corrected chi connectivity index (χ2v) is 4.76. The molecule has 0 radical (unpaired) electrons. The molecule has 2 aromatic rings. The van der Waals surface area contributed by atoms with Gasteiger partial charge in [-0.3, -0.25) is 0 Å². The molecule has 3 nitrogen and oxygen atoms in total. The quantitative estimate of drug-likeness (QED) is 0.856. The highest BCUT2D eigenvalue weighted by Gasteiger charge is 2.18. The van der Waals surface area contributed by atoms with Gasteiger partial charge < -0.3 is 10.3 Å². The summed E-state index contributed by atoms with van der Waals surface area (Å²) in [4.78, 5) is 0. The van der Waals surface area contributed by atoms with Crippen molar-refractivity contribution in [2.75, 3.05) is 5.73 Å². The number of rotatable bonds is 2. The summed E-state index contributed by atoms with van der Waals surface area (Å²) >= 11 is 0. The van der Waals surface area contributed by atoms with Crippen LogP contribution in [0.4, 0.5) is 5.82 Å². The van der Waals surface area contributed by atoms with Crippen LogP contribution < -0.4 is 5.73 Å². The van der Waals surface area contributed by atoms with E-state index in [0.717, 1.165) is 16.9 Å². The van der Waals surface area contributed by atoms with Crippen molar-refractivity contribution in [1.29, 1.82) is 0 Å². The molecule has 1 heterocycles. The Morgan fingerprint density at radius 2 is 1.88 bits per heavy atom. The molecule has 0 unspecified atom stereocenters. The van der Waals surface area contributed by atoms with Gasteiger partial charge in [0.15, 0.2) is 5.82 Å². The number of nitrogens with zero attached hydrogens (tertiary/aromatic N) is 1. The number of nitrogen functional groups attached to an aromatic ring is 1. The van der Waals surface area contributed by atoms with Gasteiger partial charge in [-0.1, -0.05) is 37.2 Å². The molecule has 2 rings (SSSR count). The second kappa shape index (κ2) is 4.24. The van der Waals surface area contributed by atoms with E-state index >= 15 is 0 Å². The van der Waals surface area contributed by atoms with Crippen molar-refractivity contribution >= 4 is 5.82 Å². The zero-order valence-corrected chi connectivity index (χ0v) is 10.7. The average Bonchev–Trinajstić information content (AvgIpc) is 2.64. The first kappa shape index (κ1) is 11.7. The van der Waals surface area contributed by atoms with E-state index < -0.39 is 0 Å². The molecule has 0 aliphatic rings. The minimum absolute atomic E-state index is 0.274. The van der Waals surface area contributed by atoms with Crippen LogP contribution in [0.15, 0.2) is 22.7 Å². The van der Waals surface area contributed by atoms with Crippen molar-refractivity contribution in [3.8, 4) is 11.1 Å². The van der Waals surface area contributed by atoms with Gasteiger partial charge in [0.05, 0.1) is 5.56 Å². The van der Waals surface area contributed by atoms with E-state index in [2.05, 4.69) is 51.1 Å². The van der Waals surface area contributed by atoms with Gasteiger partial charge in [0.1, 0.15) is 5.76 Å². The minimum Gasteiger partial charge on any atom is -0.380 e. The van der Waals surface area contributed by atoms with Gasteiger partial charge >= 0.3 is 0 Å². The van der Waals surface area contributed by atoms with Gasteiger partial charge in [-0.15, -0.1) is 0 Å². The van der Waals surface area contributed by atoms with E-state index in [4.69, 9.17) is 10.3 Å². The van der Waals surface area contributed by atoms with Crippen molar-refractivity contribution in [3.05, 3.63) is 35.1 Å². The maximum Gasteiger partial charge on any atom is 0.175 e. The fourth-order valence-corrected chi connectivity index (χ4v) is 1.90. The van der Waals surface area contributed by atoms with E-state index in [0.29, 0.717) is 5.82 Å². The molecule has 1 aromatic heterocycles. The monoisotopic (exact) mass is 230 g/mol. The minimum atomic E-state index is 0.274. The molecule has 0 fully saturated rings. The van der Waals surface area contributed by atoms with Crippen LogP contribution in [0, 0.1) is 13.8 Å². The van der Waals surface area contributed by atoms with E-state index in [-0.39, 0.29) is 5.92 Å². The van der Waals surface area contributed by atoms with Crippen LogP contribution in [0.3, 0.4) is 0 Å². The van der Waals surface area contributed by atoms with Crippen LogP contribution in [0.2, 0.25) is 0 Å². The molecule has 1 aromatic carbocycles. The number of aromatic nitrogens is 1. The zero-order chi connectivity index (χ0) is 12.6. The van der Waals surface area contributed by atoms with E-state index in [1.165, 1.54) is 11.1 Å². The Bertz CT molecular complexity index is 541. The van der Waals surface area contributed by atoms with Gasteiger partial charge in [-0.05, 0) is 30.5 Å². The van der Waals surface area contributed by atoms with Gasteiger partial charge in [0.25, 0.3) is 0 Å². The Kier molecular flexibility index (Phi) is 2.92. The number of nitrogens with two attached hydrogens (primary N) is 1. The summed E-state index contributed by atoms with van der Waals surface area (Å²) in [6.07, 6.45) is 0. The van der Waals surface area contributed by atoms with Crippen molar-refractivity contribution in [1.82, 2.24) is 5.16 Å². The first-order valence-corrected chi connectivity index (χ1v) is 5.83. The van der Waals surface area contributed by atoms with E-state index in [1.807, 2.05) is 0 Å². The fraction of sp³-hybridized carbons (Fsp3) is 0.357. The van der Waals surface area contributed by atoms with E-state index in [9.17, 15) is 0 Å². The maximum atomic E-state index is 5.89. The molecule has 3 heteroatoms. The predicted octanol–water partition coefficient (Wildman–Crippen LogP) is 3.66. The van der Waals surface area contributed by atoms with Crippen LogP contribution in [0.25, 0.3) is 11.1 Å². The Morgan fingerprint density at radius 3 is 2.47 bits per heavy atom. The zero-order valence-electron chi connectivity index (χ0n) is 10.7. The molecule has 0 aliphatic heterocycles. The molecule has 0 bridgehead atoms. The number of anilines is 1. The third-order valence-corrected chi connectivity index (χ3v) is 3.06. The second-order valence-electron chi connectivity index (χ2n) is 4.76. The summed E-state index contributed by atoms with van der Waals surface area (Å²) in [6.45, 7) is 8.34. The Labute approximate surface area is 102 Å². The summed E-state index contributed by atoms with van der Waals surface area (Å²) in [5.74, 6) is 1.60. The molecule has 0 atom stereocenters. The van der Waals surface area contributed by atoms with E-state index in [1.54, 1.807) is 0 Å². The van der Waals surface area contributed by atoms with Crippen molar-refractivity contribution in [3.63, 3.8) is 0 Å². The lowest BCUT2D eigenvalue weighted by Gasteiger charge is -2.07. The Balaban J connectivity index is 2.59. The topological polar surface area (TPSA) is 52.0 Å². The van der Waals surface area contributed by atoms with Crippen molar-refractivity contribution in [2.45, 2.75) is 33.6 Å². The van der Waals surface area contributed by atoms with Gasteiger partial charge in [0, 0.05) is 5.92 Å². The number of hydrogen-bond acceptors (Lipinski definition) is 3. The summed E-state index contributed by atoms with van der Waals surface area (Å²) < 4.78 is 5.31. The lowest BCUT2D eigenvalue weighted by Crippen LogP contribution is -1.93. The van der Waals surface area contributed by atoms with Crippen LogP contribution in [0.1, 0.15) is 36.7 Å². The normalized spacial score (nSPS) is 11.1. The predicted molar refractivity (Wildman–Crippen MR) is 69.9 cm³/mol. The van der Waals surface area contributed by atoms with Gasteiger partial charge in [-0.25, -0.2) is 0 Å². The third-order valence-electron chi connectivity index (χ3n) is 3.06.